The summed E-state index contributed by atoms with van der Waals surface area (Å²) in [4.78, 5) is 18.7. The van der Waals surface area contributed by atoms with E-state index in [-0.39, 0.29) is 11.9 Å². The van der Waals surface area contributed by atoms with Crippen LogP contribution < -0.4 is 5.32 Å². The van der Waals surface area contributed by atoms with Gasteiger partial charge >= 0.3 is 0 Å². The Kier molecular flexibility index (Phi) is 4.74. The van der Waals surface area contributed by atoms with Gasteiger partial charge in [-0.05, 0) is 50.3 Å². The molecule has 24 heavy (non-hydrogen) atoms. The summed E-state index contributed by atoms with van der Waals surface area (Å²) in [7, 11) is 0. The molecule has 1 N–H and O–H groups in total. The number of aliphatic imine (C=N–C) groups is 1. The van der Waals surface area contributed by atoms with Crippen LogP contribution in [-0.2, 0) is 4.79 Å². The first-order valence-electron chi connectivity index (χ1n) is 8.82. The molecule has 2 atom stereocenters. The third-order valence-corrected chi connectivity index (χ3v) is 5.20. The van der Waals surface area contributed by atoms with E-state index >= 15 is 0 Å². The summed E-state index contributed by atoms with van der Waals surface area (Å²) >= 11 is 0. The number of carbonyl (C=O) groups excluding carboxylic acids is 1. The second kappa shape index (κ2) is 6.80. The molecular weight excluding hydrogens is 298 g/mol. The second-order valence-corrected chi connectivity index (χ2v) is 7.17. The molecule has 1 aromatic carbocycles. The average Bonchev–Trinajstić information content (AvgIpc) is 2.64. The van der Waals surface area contributed by atoms with Crippen LogP contribution in [0.1, 0.15) is 39.2 Å². The minimum absolute atomic E-state index is 0.141. The van der Waals surface area contributed by atoms with Crippen LogP contribution in [0.5, 0.6) is 0 Å². The smallest absolute Gasteiger partial charge is 0.219 e. The Morgan fingerprint density at radius 2 is 2.12 bits per heavy atom. The first-order valence-corrected chi connectivity index (χ1v) is 8.82. The van der Waals surface area contributed by atoms with Crippen molar-refractivity contribution in [3.8, 4) is 0 Å². The molecule has 0 spiro atoms. The van der Waals surface area contributed by atoms with E-state index in [0.29, 0.717) is 12.5 Å². The van der Waals surface area contributed by atoms with Crippen molar-refractivity contribution < 1.29 is 4.79 Å². The van der Waals surface area contributed by atoms with Gasteiger partial charge in [0.1, 0.15) is 5.84 Å². The topological polar surface area (TPSA) is 44.7 Å². The molecule has 4 heteroatoms. The summed E-state index contributed by atoms with van der Waals surface area (Å²) in [6.07, 6.45) is 2.03. The number of hydrogen-bond donors (Lipinski definition) is 1. The van der Waals surface area contributed by atoms with Gasteiger partial charge in [0.2, 0.25) is 5.91 Å². The van der Waals surface area contributed by atoms with Crippen molar-refractivity contribution in [2.75, 3.05) is 18.4 Å². The van der Waals surface area contributed by atoms with Gasteiger partial charge in [0.15, 0.2) is 0 Å². The van der Waals surface area contributed by atoms with Gasteiger partial charge in [0.25, 0.3) is 0 Å². The van der Waals surface area contributed by atoms with E-state index < -0.39 is 0 Å². The van der Waals surface area contributed by atoms with Crippen molar-refractivity contribution in [2.45, 2.75) is 46.6 Å². The second-order valence-electron chi connectivity index (χ2n) is 7.17. The zero-order chi connectivity index (χ0) is 17.3. The largest absolute Gasteiger partial charge is 0.340 e. The van der Waals surface area contributed by atoms with Crippen molar-refractivity contribution in [1.29, 1.82) is 0 Å². The number of amides is 1. The lowest BCUT2D eigenvalue weighted by Crippen LogP contribution is -2.38. The molecule has 0 fully saturated rings. The van der Waals surface area contributed by atoms with E-state index in [1.807, 2.05) is 4.90 Å². The number of aryl methyl sites for hydroxylation is 1. The number of nitrogens with one attached hydrogen (secondary N) is 1. The summed E-state index contributed by atoms with van der Waals surface area (Å²) in [5.41, 5.74) is 4.96. The maximum atomic E-state index is 11.8. The van der Waals surface area contributed by atoms with Crippen molar-refractivity contribution >= 4 is 17.4 Å². The van der Waals surface area contributed by atoms with Crippen LogP contribution in [0.25, 0.3) is 0 Å². The van der Waals surface area contributed by atoms with Gasteiger partial charge in [-0.15, -0.1) is 0 Å². The minimum atomic E-state index is 0.141. The van der Waals surface area contributed by atoms with Gasteiger partial charge in [0, 0.05) is 31.3 Å². The first kappa shape index (κ1) is 16.7. The first-order chi connectivity index (χ1) is 11.4. The van der Waals surface area contributed by atoms with Crippen LogP contribution in [-0.4, -0.2) is 35.8 Å². The molecule has 1 unspecified atom stereocenters. The lowest BCUT2D eigenvalue weighted by molar-refractivity contribution is -0.128. The standard InChI is InChI=1S/C20H27N3O/c1-13-6-5-7-18(10-13)22-20-19-12-23(16(4)24)9-8-17(19)11-14(2)15(3)21-20/h5-7,10,14-15H,8-9,11-12H2,1-4H3,(H,21,22)/t14-,15?/m1/s1. The molecule has 2 aliphatic heterocycles. The molecule has 3 rings (SSSR count). The molecule has 0 saturated carbocycles. The average molecular weight is 325 g/mol. The number of anilines is 1. The fourth-order valence-corrected chi connectivity index (χ4v) is 3.47. The Morgan fingerprint density at radius 3 is 2.83 bits per heavy atom. The Balaban J connectivity index is 1.95. The van der Waals surface area contributed by atoms with E-state index in [4.69, 9.17) is 4.99 Å². The molecule has 2 heterocycles. The molecule has 2 aliphatic rings. The fraction of sp³-hybridized carbons (Fsp3) is 0.500. The van der Waals surface area contributed by atoms with Gasteiger partial charge in [0.05, 0.1) is 6.04 Å². The van der Waals surface area contributed by atoms with E-state index in [1.54, 1.807) is 6.92 Å². The monoisotopic (exact) mass is 325 g/mol. The number of nitrogens with zero attached hydrogens (tertiary/aromatic N) is 2. The van der Waals surface area contributed by atoms with E-state index in [9.17, 15) is 4.79 Å². The van der Waals surface area contributed by atoms with E-state index in [0.717, 1.165) is 30.9 Å². The maximum Gasteiger partial charge on any atom is 0.219 e. The Morgan fingerprint density at radius 1 is 1.33 bits per heavy atom. The van der Waals surface area contributed by atoms with Crippen LogP contribution in [0.15, 0.2) is 40.4 Å². The van der Waals surface area contributed by atoms with Crippen molar-refractivity contribution in [3.05, 3.63) is 41.0 Å². The molecule has 1 aromatic rings. The number of carbonyl (C=O) groups is 1. The van der Waals surface area contributed by atoms with Gasteiger partial charge in [-0.2, -0.15) is 0 Å². The number of hydrogen-bond acceptors (Lipinski definition) is 3. The predicted molar refractivity (Wildman–Crippen MR) is 99.4 cm³/mol. The predicted octanol–water partition coefficient (Wildman–Crippen LogP) is 3.78. The molecule has 0 aromatic heterocycles. The highest BCUT2D eigenvalue weighted by atomic mass is 16.2. The minimum Gasteiger partial charge on any atom is -0.340 e. The summed E-state index contributed by atoms with van der Waals surface area (Å²) in [5.74, 6) is 1.61. The van der Waals surface area contributed by atoms with Gasteiger partial charge in [-0.25, -0.2) is 0 Å². The summed E-state index contributed by atoms with van der Waals surface area (Å²) in [6, 6.07) is 8.62. The molecule has 0 bridgehead atoms. The Hall–Kier alpha value is -2.10. The number of benzene rings is 1. The van der Waals surface area contributed by atoms with Crippen LogP contribution >= 0.6 is 0 Å². The molecule has 0 radical (unpaired) electrons. The Bertz CT molecular complexity index is 705. The third kappa shape index (κ3) is 3.53. The van der Waals surface area contributed by atoms with E-state index in [2.05, 4.69) is 50.4 Å². The van der Waals surface area contributed by atoms with Crippen LogP contribution in [0.4, 0.5) is 5.69 Å². The molecule has 1 amide bonds. The highest BCUT2D eigenvalue weighted by Crippen LogP contribution is 2.31. The summed E-state index contributed by atoms with van der Waals surface area (Å²) in [6.45, 7) is 9.69. The zero-order valence-corrected chi connectivity index (χ0v) is 15.1. The maximum absolute atomic E-state index is 11.8. The quantitative estimate of drug-likeness (QED) is 0.854. The van der Waals surface area contributed by atoms with Crippen molar-refractivity contribution in [3.63, 3.8) is 0 Å². The lowest BCUT2D eigenvalue weighted by atomic mass is 9.90. The van der Waals surface area contributed by atoms with Crippen LogP contribution in [0.2, 0.25) is 0 Å². The fourth-order valence-electron chi connectivity index (χ4n) is 3.47. The summed E-state index contributed by atoms with van der Waals surface area (Å²) < 4.78 is 0. The molecular formula is C20H27N3O. The number of rotatable bonds is 1. The van der Waals surface area contributed by atoms with Crippen molar-refractivity contribution in [1.82, 2.24) is 4.90 Å². The summed E-state index contributed by atoms with van der Waals surface area (Å²) in [5, 5.41) is 3.53. The van der Waals surface area contributed by atoms with E-state index in [1.165, 1.54) is 16.7 Å². The molecule has 0 saturated heterocycles. The SMILES string of the molecule is CC(=O)N1CCC2=C(C1)C(Nc1cccc(C)c1)=NC(C)[C@H](C)C2. The van der Waals surface area contributed by atoms with Crippen LogP contribution in [0.3, 0.4) is 0 Å². The zero-order valence-electron chi connectivity index (χ0n) is 15.1. The van der Waals surface area contributed by atoms with Crippen molar-refractivity contribution in [2.24, 2.45) is 10.9 Å². The Labute approximate surface area is 144 Å². The van der Waals surface area contributed by atoms with Gasteiger partial charge in [-0.3, -0.25) is 9.79 Å². The molecule has 4 nitrogen and oxygen atoms in total. The molecule has 128 valence electrons. The van der Waals surface area contributed by atoms with Gasteiger partial charge in [-0.1, -0.05) is 24.6 Å². The highest BCUT2D eigenvalue weighted by molar-refractivity contribution is 6.09. The molecule has 0 aliphatic carbocycles. The van der Waals surface area contributed by atoms with Crippen LogP contribution in [0, 0.1) is 12.8 Å². The third-order valence-electron chi connectivity index (χ3n) is 5.20. The van der Waals surface area contributed by atoms with Gasteiger partial charge < -0.3 is 10.2 Å². The number of amidine groups is 1. The normalized spacial score (nSPS) is 24.2. The lowest BCUT2D eigenvalue weighted by Gasteiger charge is -2.30. The highest BCUT2D eigenvalue weighted by Gasteiger charge is 2.29.